The summed E-state index contributed by atoms with van der Waals surface area (Å²) in [5, 5.41) is 8.47. The molecule has 4 nitrogen and oxygen atoms in total. The van der Waals surface area contributed by atoms with E-state index in [0.29, 0.717) is 11.6 Å². The molecule has 0 aliphatic rings. The first-order valence-corrected chi connectivity index (χ1v) is 5.42. The normalized spacial score (nSPS) is 10.4. The van der Waals surface area contributed by atoms with E-state index in [0.717, 1.165) is 18.1 Å². The SMILES string of the molecule is CCn1cnnc1COc1cccc(Cl)c1. The molecule has 5 heteroatoms. The Morgan fingerprint density at radius 2 is 2.31 bits per heavy atom. The molecule has 2 aromatic rings. The molecule has 1 aromatic heterocycles. The second-order valence-electron chi connectivity index (χ2n) is 3.28. The van der Waals surface area contributed by atoms with Gasteiger partial charge in [0.1, 0.15) is 18.7 Å². The average molecular weight is 238 g/mol. The predicted molar refractivity (Wildman–Crippen MR) is 61.5 cm³/mol. The number of hydrogen-bond acceptors (Lipinski definition) is 3. The number of ether oxygens (including phenoxy) is 1. The van der Waals surface area contributed by atoms with Crippen molar-refractivity contribution in [1.82, 2.24) is 14.8 Å². The molecule has 0 fully saturated rings. The first-order valence-electron chi connectivity index (χ1n) is 5.04. The Morgan fingerprint density at radius 3 is 3.06 bits per heavy atom. The Bertz CT molecular complexity index is 470. The van der Waals surface area contributed by atoms with E-state index in [1.807, 2.05) is 29.7 Å². The van der Waals surface area contributed by atoms with Gasteiger partial charge in [0.2, 0.25) is 0 Å². The maximum absolute atomic E-state index is 5.85. The summed E-state index contributed by atoms with van der Waals surface area (Å²) < 4.78 is 7.50. The van der Waals surface area contributed by atoms with E-state index in [2.05, 4.69) is 10.2 Å². The maximum atomic E-state index is 5.85. The fraction of sp³-hybridized carbons (Fsp3) is 0.273. The van der Waals surface area contributed by atoms with Crippen molar-refractivity contribution in [2.24, 2.45) is 0 Å². The molecular formula is C11H12ClN3O. The van der Waals surface area contributed by atoms with Crippen molar-refractivity contribution in [2.75, 3.05) is 0 Å². The van der Waals surface area contributed by atoms with Gasteiger partial charge in [-0.3, -0.25) is 0 Å². The molecule has 0 amide bonds. The van der Waals surface area contributed by atoms with Gasteiger partial charge in [0.25, 0.3) is 0 Å². The second-order valence-corrected chi connectivity index (χ2v) is 3.72. The molecule has 1 heterocycles. The van der Waals surface area contributed by atoms with Gasteiger partial charge in [0.15, 0.2) is 5.82 Å². The van der Waals surface area contributed by atoms with Crippen LogP contribution in [0.4, 0.5) is 0 Å². The van der Waals surface area contributed by atoms with Gasteiger partial charge < -0.3 is 9.30 Å². The Labute approximate surface area is 98.8 Å². The molecule has 0 N–H and O–H groups in total. The molecule has 2 rings (SSSR count). The molecule has 0 atom stereocenters. The number of nitrogens with zero attached hydrogens (tertiary/aromatic N) is 3. The molecule has 0 radical (unpaired) electrons. The van der Waals surface area contributed by atoms with Crippen molar-refractivity contribution >= 4 is 11.6 Å². The molecule has 0 aliphatic heterocycles. The molecule has 1 aromatic carbocycles. The topological polar surface area (TPSA) is 39.9 Å². The van der Waals surface area contributed by atoms with E-state index in [1.54, 1.807) is 12.4 Å². The number of aryl methyl sites for hydroxylation is 1. The molecular weight excluding hydrogens is 226 g/mol. The Morgan fingerprint density at radius 1 is 1.44 bits per heavy atom. The summed E-state index contributed by atoms with van der Waals surface area (Å²) in [6.07, 6.45) is 1.69. The third-order valence-electron chi connectivity index (χ3n) is 2.20. The Kier molecular flexibility index (Phi) is 3.41. The van der Waals surface area contributed by atoms with Crippen molar-refractivity contribution in [2.45, 2.75) is 20.1 Å². The summed E-state index contributed by atoms with van der Waals surface area (Å²) in [7, 11) is 0. The van der Waals surface area contributed by atoms with Crippen LogP contribution in [0.15, 0.2) is 30.6 Å². The lowest BCUT2D eigenvalue weighted by molar-refractivity contribution is 0.289. The minimum Gasteiger partial charge on any atom is -0.486 e. The second kappa shape index (κ2) is 4.99. The highest BCUT2D eigenvalue weighted by molar-refractivity contribution is 6.30. The number of benzene rings is 1. The zero-order chi connectivity index (χ0) is 11.4. The molecule has 0 unspecified atom stereocenters. The summed E-state index contributed by atoms with van der Waals surface area (Å²) in [4.78, 5) is 0. The summed E-state index contributed by atoms with van der Waals surface area (Å²) in [6, 6.07) is 7.29. The highest BCUT2D eigenvalue weighted by atomic mass is 35.5. The van der Waals surface area contributed by atoms with Crippen molar-refractivity contribution in [3.63, 3.8) is 0 Å². The van der Waals surface area contributed by atoms with Crippen LogP contribution in [0.2, 0.25) is 5.02 Å². The van der Waals surface area contributed by atoms with Crippen LogP contribution in [-0.2, 0) is 13.2 Å². The van der Waals surface area contributed by atoms with E-state index in [-0.39, 0.29) is 0 Å². The zero-order valence-electron chi connectivity index (χ0n) is 8.93. The first-order chi connectivity index (χ1) is 7.79. The van der Waals surface area contributed by atoms with Crippen LogP contribution in [0.25, 0.3) is 0 Å². The minimum absolute atomic E-state index is 0.397. The molecule has 16 heavy (non-hydrogen) atoms. The van der Waals surface area contributed by atoms with Gasteiger partial charge in [-0.2, -0.15) is 0 Å². The molecule has 0 saturated carbocycles. The fourth-order valence-electron chi connectivity index (χ4n) is 1.36. The lowest BCUT2D eigenvalue weighted by atomic mass is 10.3. The van der Waals surface area contributed by atoms with Gasteiger partial charge in [-0.05, 0) is 25.1 Å². The summed E-state index contributed by atoms with van der Waals surface area (Å²) >= 11 is 5.85. The number of hydrogen-bond donors (Lipinski definition) is 0. The quantitative estimate of drug-likeness (QED) is 0.821. The largest absolute Gasteiger partial charge is 0.486 e. The summed E-state index contributed by atoms with van der Waals surface area (Å²) in [6.45, 7) is 3.27. The summed E-state index contributed by atoms with van der Waals surface area (Å²) in [5.41, 5.74) is 0. The van der Waals surface area contributed by atoms with Gasteiger partial charge in [-0.1, -0.05) is 17.7 Å². The van der Waals surface area contributed by atoms with Crippen LogP contribution in [0.3, 0.4) is 0 Å². The minimum atomic E-state index is 0.397. The maximum Gasteiger partial charge on any atom is 0.170 e. The Balaban J connectivity index is 2.02. The number of aromatic nitrogens is 3. The van der Waals surface area contributed by atoms with Crippen LogP contribution in [0.5, 0.6) is 5.75 Å². The highest BCUT2D eigenvalue weighted by Crippen LogP contribution is 2.17. The van der Waals surface area contributed by atoms with Crippen LogP contribution in [0, 0.1) is 0 Å². The van der Waals surface area contributed by atoms with E-state index in [4.69, 9.17) is 16.3 Å². The van der Waals surface area contributed by atoms with E-state index in [9.17, 15) is 0 Å². The van der Waals surface area contributed by atoms with Crippen LogP contribution >= 0.6 is 11.6 Å². The van der Waals surface area contributed by atoms with Crippen LogP contribution in [-0.4, -0.2) is 14.8 Å². The predicted octanol–water partition coefficient (Wildman–Crippen LogP) is 2.53. The molecule has 0 spiro atoms. The Hall–Kier alpha value is -1.55. The molecule has 0 saturated heterocycles. The summed E-state index contributed by atoms with van der Waals surface area (Å²) in [5.74, 6) is 1.54. The highest BCUT2D eigenvalue weighted by Gasteiger charge is 2.03. The average Bonchev–Trinajstić information content (AvgIpc) is 2.74. The van der Waals surface area contributed by atoms with E-state index < -0.39 is 0 Å². The first kappa shape index (κ1) is 11.0. The van der Waals surface area contributed by atoms with Gasteiger partial charge in [-0.25, -0.2) is 0 Å². The zero-order valence-corrected chi connectivity index (χ0v) is 9.68. The number of rotatable bonds is 4. The van der Waals surface area contributed by atoms with Crippen molar-refractivity contribution < 1.29 is 4.74 Å². The third-order valence-corrected chi connectivity index (χ3v) is 2.44. The molecule has 84 valence electrons. The number of halogens is 1. The fourth-order valence-corrected chi connectivity index (χ4v) is 1.54. The van der Waals surface area contributed by atoms with Gasteiger partial charge in [0, 0.05) is 11.6 Å². The van der Waals surface area contributed by atoms with Crippen LogP contribution in [0.1, 0.15) is 12.7 Å². The van der Waals surface area contributed by atoms with Crippen LogP contribution < -0.4 is 4.74 Å². The molecule has 0 aliphatic carbocycles. The van der Waals surface area contributed by atoms with Crippen molar-refractivity contribution in [3.05, 3.63) is 41.4 Å². The van der Waals surface area contributed by atoms with Gasteiger partial charge in [0.05, 0.1) is 0 Å². The monoisotopic (exact) mass is 237 g/mol. The lowest BCUT2D eigenvalue weighted by Crippen LogP contribution is -2.05. The van der Waals surface area contributed by atoms with Gasteiger partial charge >= 0.3 is 0 Å². The van der Waals surface area contributed by atoms with E-state index >= 15 is 0 Å². The third kappa shape index (κ3) is 2.52. The van der Waals surface area contributed by atoms with Crippen molar-refractivity contribution in [1.29, 1.82) is 0 Å². The standard InChI is InChI=1S/C11H12ClN3O/c1-2-15-8-13-14-11(15)7-16-10-5-3-4-9(12)6-10/h3-6,8H,2,7H2,1H3. The molecule has 0 bridgehead atoms. The van der Waals surface area contributed by atoms with Gasteiger partial charge in [-0.15, -0.1) is 10.2 Å². The van der Waals surface area contributed by atoms with Crippen molar-refractivity contribution in [3.8, 4) is 5.75 Å². The smallest absolute Gasteiger partial charge is 0.170 e. The van der Waals surface area contributed by atoms with E-state index in [1.165, 1.54) is 0 Å². The lowest BCUT2D eigenvalue weighted by Gasteiger charge is -2.06.